The molecule has 18 heavy (non-hydrogen) atoms. The molecule has 0 aromatic heterocycles. The van der Waals surface area contributed by atoms with Crippen LogP contribution in [0.4, 0.5) is 4.39 Å². The maximum absolute atomic E-state index is 13.9. The van der Waals surface area contributed by atoms with Gasteiger partial charge in [-0.3, -0.25) is 0 Å². The Morgan fingerprint density at radius 3 is 2.89 bits per heavy atom. The predicted molar refractivity (Wildman–Crippen MR) is 74.5 cm³/mol. The minimum atomic E-state index is -0.256. The Morgan fingerprint density at radius 1 is 1.44 bits per heavy atom. The van der Waals surface area contributed by atoms with Crippen molar-refractivity contribution in [2.75, 3.05) is 6.54 Å². The number of halogens is 2. The van der Waals surface area contributed by atoms with Crippen LogP contribution in [-0.2, 0) is 6.42 Å². The zero-order valence-electron chi connectivity index (χ0n) is 10.9. The van der Waals surface area contributed by atoms with E-state index in [1.165, 1.54) is 19.3 Å². The molecule has 1 N–H and O–H groups in total. The molecule has 1 aromatic carbocycles. The summed E-state index contributed by atoms with van der Waals surface area (Å²) in [6.07, 6.45) is 5.88. The summed E-state index contributed by atoms with van der Waals surface area (Å²) in [5.74, 6) is 0.670. The fourth-order valence-corrected chi connectivity index (χ4v) is 2.57. The predicted octanol–water partition coefficient (Wildman–Crippen LogP) is 4.19. The molecule has 1 aliphatic rings. The van der Waals surface area contributed by atoms with E-state index in [9.17, 15) is 4.39 Å². The van der Waals surface area contributed by atoms with E-state index in [2.05, 4.69) is 12.2 Å². The van der Waals surface area contributed by atoms with E-state index in [0.717, 1.165) is 30.9 Å². The van der Waals surface area contributed by atoms with E-state index in [1.807, 2.05) is 12.1 Å². The van der Waals surface area contributed by atoms with Crippen molar-refractivity contribution in [3.8, 4) is 0 Å². The lowest BCUT2D eigenvalue weighted by atomic mass is 10.00. The van der Waals surface area contributed by atoms with Crippen molar-refractivity contribution >= 4 is 11.6 Å². The smallest absolute Gasteiger partial charge is 0.145 e. The molecule has 1 nitrogen and oxygen atoms in total. The zero-order valence-corrected chi connectivity index (χ0v) is 11.6. The Bertz CT molecular complexity index is 390. The number of hydrogen-bond donors (Lipinski definition) is 1. The highest BCUT2D eigenvalue weighted by molar-refractivity contribution is 6.30. The number of benzene rings is 1. The van der Waals surface area contributed by atoms with Gasteiger partial charge in [0.25, 0.3) is 0 Å². The first-order chi connectivity index (χ1) is 8.70. The second-order valence-corrected chi connectivity index (χ2v) is 5.60. The van der Waals surface area contributed by atoms with Gasteiger partial charge >= 0.3 is 0 Å². The zero-order chi connectivity index (χ0) is 13.0. The largest absolute Gasteiger partial charge is 0.314 e. The van der Waals surface area contributed by atoms with Crippen LogP contribution in [0.1, 0.15) is 38.2 Å². The molecule has 0 radical (unpaired) electrons. The first kappa shape index (κ1) is 13.8. The van der Waals surface area contributed by atoms with Gasteiger partial charge in [0.15, 0.2) is 0 Å². The lowest BCUT2D eigenvalue weighted by Gasteiger charge is -2.18. The van der Waals surface area contributed by atoms with Gasteiger partial charge in [0.2, 0.25) is 0 Å². The van der Waals surface area contributed by atoms with Gasteiger partial charge in [-0.05, 0) is 43.4 Å². The highest BCUT2D eigenvalue weighted by atomic mass is 35.5. The molecule has 0 spiro atoms. The van der Waals surface area contributed by atoms with Gasteiger partial charge < -0.3 is 5.32 Å². The summed E-state index contributed by atoms with van der Waals surface area (Å²) in [5.41, 5.74) is 0.726. The summed E-state index contributed by atoms with van der Waals surface area (Å²) in [6, 6.07) is 5.63. The summed E-state index contributed by atoms with van der Waals surface area (Å²) in [7, 11) is 0. The Kier molecular flexibility index (Phi) is 5.02. The topological polar surface area (TPSA) is 12.0 Å². The minimum Gasteiger partial charge on any atom is -0.314 e. The lowest BCUT2D eigenvalue weighted by Crippen LogP contribution is -2.31. The molecule has 0 heterocycles. The summed E-state index contributed by atoms with van der Waals surface area (Å²) in [4.78, 5) is 0. The summed E-state index contributed by atoms with van der Waals surface area (Å²) in [5, 5.41) is 3.68. The molecule has 1 fully saturated rings. The van der Waals surface area contributed by atoms with Crippen LogP contribution in [0.2, 0.25) is 5.02 Å². The molecule has 2 rings (SSSR count). The van der Waals surface area contributed by atoms with Crippen molar-refractivity contribution in [3.63, 3.8) is 0 Å². The molecule has 1 saturated carbocycles. The van der Waals surface area contributed by atoms with Gasteiger partial charge in [0.05, 0.1) is 5.02 Å². The van der Waals surface area contributed by atoms with Crippen LogP contribution in [0.25, 0.3) is 0 Å². The first-order valence-corrected chi connectivity index (χ1v) is 7.24. The van der Waals surface area contributed by atoms with E-state index >= 15 is 0 Å². The molecule has 1 atom stereocenters. The van der Waals surface area contributed by atoms with Crippen molar-refractivity contribution < 1.29 is 4.39 Å². The van der Waals surface area contributed by atoms with E-state index in [1.54, 1.807) is 6.07 Å². The molecule has 1 unspecified atom stereocenters. The quantitative estimate of drug-likeness (QED) is 0.783. The SMILES string of the molecule is CCNC(CCC1CC1)Cc1cccc(Cl)c1F. The van der Waals surface area contributed by atoms with Crippen molar-refractivity contribution in [2.24, 2.45) is 5.92 Å². The van der Waals surface area contributed by atoms with E-state index in [4.69, 9.17) is 11.6 Å². The van der Waals surface area contributed by atoms with Crippen LogP contribution in [-0.4, -0.2) is 12.6 Å². The van der Waals surface area contributed by atoms with Gasteiger partial charge in [-0.1, -0.05) is 43.5 Å². The third-order valence-corrected chi connectivity index (χ3v) is 3.90. The Morgan fingerprint density at radius 2 is 2.22 bits per heavy atom. The standard InChI is InChI=1S/C15H21ClFN/c1-2-18-13(9-8-11-6-7-11)10-12-4-3-5-14(16)15(12)17/h3-5,11,13,18H,2,6-10H2,1H3. The van der Waals surface area contributed by atoms with Crippen molar-refractivity contribution in [1.82, 2.24) is 5.32 Å². The van der Waals surface area contributed by atoms with Gasteiger partial charge in [0.1, 0.15) is 5.82 Å². The van der Waals surface area contributed by atoms with E-state index < -0.39 is 0 Å². The minimum absolute atomic E-state index is 0.227. The molecule has 1 aliphatic carbocycles. The second-order valence-electron chi connectivity index (χ2n) is 5.19. The lowest BCUT2D eigenvalue weighted by molar-refractivity contribution is 0.455. The van der Waals surface area contributed by atoms with Gasteiger partial charge in [-0.25, -0.2) is 4.39 Å². The van der Waals surface area contributed by atoms with Gasteiger partial charge in [-0.2, -0.15) is 0 Å². The normalized spacial score (nSPS) is 16.8. The monoisotopic (exact) mass is 269 g/mol. The fourth-order valence-electron chi connectivity index (χ4n) is 2.38. The molecular weight excluding hydrogens is 249 g/mol. The average molecular weight is 270 g/mol. The maximum atomic E-state index is 13.9. The van der Waals surface area contributed by atoms with Crippen LogP contribution in [0.15, 0.2) is 18.2 Å². The highest BCUT2D eigenvalue weighted by Crippen LogP contribution is 2.34. The van der Waals surface area contributed by atoms with Crippen LogP contribution in [0.3, 0.4) is 0 Å². The number of nitrogens with one attached hydrogen (secondary N) is 1. The average Bonchev–Trinajstić information content (AvgIpc) is 3.16. The Hall–Kier alpha value is -0.600. The van der Waals surface area contributed by atoms with Crippen molar-refractivity contribution in [3.05, 3.63) is 34.6 Å². The molecule has 100 valence electrons. The van der Waals surface area contributed by atoms with Crippen LogP contribution >= 0.6 is 11.6 Å². The first-order valence-electron chi connectivity index (χ1n) is 6.87. The fraction of sp³-hybridized carbons (Fsp3) is 0.600. The number of rotatable bonds is 7. The maximum Gasteiger partial charge on any atom is 0.145 e. The Labute approximate surface area is 114 Å². The molecule has 0 amide bonds. The third-order valence-electron chi connectivity index (χ3n) is 3.61. The van der Waals surface area contributed by atoms with Crippen LogP contribution in [0.5, 0.6) is 0 Å². The van der Waals surface area contributed by atoms with Gasteiger partial charge in [-0.15, -0.1) is 0 Å². The number of hydrogen-bond acceptors (Lipinski definition) is 1. The van der Waals surface area contributed by atoms with Crippen LogP contribution in [0, 0.1) is 11.7 Å². The summed E-state index contributed by atoms with van der Waals surface area (Å²) < 4.78 is 13.9. The summed E-state index contributed by atoms with van der Waals surface area (Å²) >= 11 is 5.82. The molecular formula is C15H21ClFN. The molecule has 0 bridgehead atoms. The van der Waals surface area contributed by atoms with Crippen LogP contribution < -0.4 is 5.32 Å². The third kappa shape index (κ3) is 3.96. The van der Waals surface area contributed by atoms with Crippen molar-refractivity contribution in [1.29, 1.82) is 0 Å². The van der Waals surface area contributed by atoms with Gasteiger partial charge in [0, 0.05) is 6.04 Å². The van der Waals surface area contributed by atoms with E-state index in [-0.39, 0.29) is 10.8 Å². The van der Waals surface area contributed by atoms with E-state index in [0.29, 0.717) is 6.04 Å². The second kappa shape index (κ2) is 6.53. The highest BCUT2D eigenvalue weighted by Gasteiger charge is 2.22. The Balaban J connectivity index is 1.95. The molecule has 3 heteroatoms. The van der Waals surface area contributed by atoms with Crippen molar-refractivity contribution in [2.45, 2.75) is 45.1 Å². The molecule has 0 aliphatic heterocycles. The molecule has 0 saturated heterocycles. The molecule has 1 aromatic rings. The number of likely N-dealkylation sites (N-methyl/N-ethyl adjacent to an activating group) is 1. The summed E-state index contributed by atoms with van der Waals surface area (Å²) in [6.45, 7) is 3.02.